The van der Waals surface area contributed by atoms with Crippen LogP contribution in [0.15, 0.2) is 24.5 Å². The van der Waals surface area contributed by atoms with Gasteiger partial charge in [0.05, 0.1) is 12.2 Å². The highest BCUT2D eigenvalue weighted by Crippen LogP contribution is 2.04. The molecule has 3 nitrogen and oxygen atoms in total. The number of hydrogen-bond donors (Lipinski definition) is 0. The fourth-order valence-electron chi connectivity index (χ4n) is 0.903. The van der Waals surface area contributed by atoms with E-state index in [9.17, 15) is 4.79 Å². The topological polar surface area (TPSA) is 39.2 Å². The van der Waals surface area contributed by atoms with Crippen molar-refractivity contribution in [2.24, 2.45) is 5.92 Å². The zero-order valence-electron chi connectivity index (χ0n) is 8.56. The van der Waals surface area contributed by atoms with Crippen molar-refractivity contribution in [3.8, 4) is 0 Å². The molecule has 1 aromatic rings. The van der Waals surface area contributed by atoms with Crippen molar-refractivity contribution < 1.29 is 9.53 Å². The quantitative estimate of drug-likeness (QED) is 0.689. The Bertz CT molecular complexity index is 285. The number of pyridine rings is 1. The molecule has 1 aromatic heterocycles. The van der Waals surface area contributed by atoms with Crippen LogP contribution in [0.3, 0.4) is 0 Å². The van der Waals surface area contributed by atoms with Crippen LogP contribution in [0.1, 0.15) is 30.6 Å². The zero-order chi connectivity index (χ0) is 10.4. The van der Waals surface area contributed by atoms with E-state index in [2.05, 4.69) is 18.8 Å². The second-order valence-electron chi connectivity index (χ2n) is 3.35. The Morgan fingerprint density at radius 2 is 2.43 bits per heavy atom. The fourth-order valence-corrected chi connectivity index (χ4v) is 0.903. The molecule has 0 bridgehead atoms. The van der Waals surface area contributed by atoms with Gasteiger partial charge in [-0.2, -0.15) is 0 Å². The first-order valence-electron chi connectivity index (χ1n) is 4.81. The van der Waals surface area contributed by atoms with E-state index in [1.165, 1.54) is 6.20 Å². The molecule has 0 amide bonds. The number of aromatic nitrogens is 1. The largest absolute Gasteiger partial charge is 0.462 e. The van der Waals surface area contributed by atoms with Crippen LogP contribution < -0.4 is 0 Å². The van der Waals surface area contributed by atoms with Crippen molar-refractivity contribution in [3.05, 3.63) is 30.1 Å². The minimum atomic E-state index is -0.293. The first-order valence-corrected chi connectivity index (χ1v) is 4.81. The highest BCUT2D eigenvalue weighted by molar-refractivity contribution is 5.88. The standard InChI is InChI=1S/C11H15NO2/c1-3-9(2)8-14-11(13)10-5-4-6-12-7-10/h4-7,9H,3,8H2,1-2H3. The maximum absolute atomic E-state index is 11.4. The third-order valence-corrected chi connectivity index (χ3v) is 2.09. The molecule has 0 aliphatic rings. The van der Waals surface area contributed by atoms with E-state index in [-0.39, 0.29) is 5.97 Å². The van der Waals surface area contributed by atoms with Gasteiger partial charge >= 0.3 is 5.97 Å². The molecule has 3 heteroatoms. The lowest BCUT2D eigenvalue weighted by molar-refractivity contribution is 0.0446. The van der Waals surface area contributed by atoms with E-state index >= 15 is 0 Å². The van der Waals surface area contributed by atoms with Gasteiger partial charge in [-0.05, 0) is 18.1 Å². The lowest BCUT2D eigenvalue weighted by Crippen LogP contribution is -2.11. The number of rotatable bonds is 4. The summed E-state index contributed by atoms with van der Waals surface area (Å²) in [4.78, 5) is 15.3. The first-order chi connectivity index (χ1) is 6.74. The molecule has 1 atom stereocenters. The molecule has 0 saturated heterocycles. The van der Waals surface area contributed by atoms with Crippen molar-refractivity contribution in [2.75, 3.05) is 6.61 Å². The summed E-state index contributed by atoms with van der Waals surface area (Å²) in [5, 5.41) is 0. The van der Waals surface area contributed by atoms with Crippen LogP contribution >= 0.6 is 0 Å². The lowest BCUT2D eigenvalue weighted by atomic mass is 10.1. The predicted molar refractivity (Wildman–Crippen MR) is 54.0 cm³/mol. The van der Waals surface area contributed by atoms with Crippen molar-refractivity contribution >= 4 is 5.97 Å². The third kappa shape index (κ3) is 3.17. The van der Waals surface area contributed by atoms with Crippen molar-refractivity contribution in [1.29, 1.82) is 0 Å². The number of esters is 1. The SMILES string of the molecule is CCC(C)COC(=O)c1cccnc1. The molecule has 0 N–H and O–H groups in total. The third-order valence-electron chi connectivity index (χ3n) is 2.09. The summed E-state index contributed by atoms with van der Waals surface area (Å²) in [6, 6.07) is 3.42. The number of hydrogen-bond acceptors (Lipinski definition) is 3. The molecule has 0 aromatic carbocycles. The Hall–Kier alpha value is -1.38. The van der Waals surface area contributed by atoms with Gasteiger partial charge in [-0.25, -0.2) is 4.79 Å². The summed E-state index contributed by atoms with van der Waals surface area (Å²) < 4.78 is 5.10. The second kappa shape index (κ2) is 5.37. The molecule has 1 rings (SSSR count). The van der Waals surface area contributed by atoms with Gasteiger partial charge < -0.3 is 4.74 Å². The molecular formula is C11H15NO2. The zero-order valence-corrected chi connectivity index (χ0v) is 8.56. The van der Waals surface area contributed by atoms with Crippen LogP contribution in [0, 0.1) is 5.92 Å². The summed E-state index contributed by atoms with van der Waals surface area (Å²) in [7, 11) is 0. The van der Waals surface area contributed by atoms with Gasteiger partial charge in [0.25, 0.3) is 0 Å². The molecule has 0 saturated carbocycles. The van der Waals surface area contributed by atoms with Gasteiger partial charge in [-0.1, -0.05) is 20.3 Å². The summed E-state index contributed by atoms with van der Waals surface area (Å²) in [5.74, 6) is 0.119. The van der Waals surface area contributed by atoms with E-state index in [0.29, 0.717) is 18.1 Å². The van der Waals surface area contributed by atoms with Crippen LogP contribution in [0.25, 0.3) is 0 Å². The van der Waals surface area contributed by atoms with E-state index in [1.54, 1.807) is 18.3 Å². The highest BCUT2D eigenvalue weighted by atomic mass is 16.5. The summed E-state index contributed by atoms with van der Waals surface area (Å²) in [5.41, 5.74) is 0.510. The molecule has 76 valence electrons. The highest BCUT2D eigenvalue weighted by Gasteiger charge is 2.08. The maximum atomic E-state index is 11.4. The predicted octanol–water partition coefficient (Wildman–Crippen LogP) is 2.28. The van der Waals surface area contributed by atoms with Gasteiger partial charge in [0.15, 0.2) is 0 Å². The molecule has 0 fully saturated rings. The molecule has 0 aliphatic heterocycles. The number of ether oxygens (including phenoxy) is 1. The van der Waals surface area contributed by atoms with Crippen LogP contribution in [-0.2, 0) is 4.74 Å². The second-order valence-corrected chi connectivity index (χ2v) is 3.35. The van der Waals surface area contributed by atoms with Gasteiger partial charge in [-0.3, -0.25) is 4.98 Å². The number of nitrogens with zero attached hydrogens (tertiary/aromatic N) is 1. The smallest absolute Gasteiger partial charge is 0.339 e. The number of carbonyl (C=O) groups excluding carboxylic acids is 1. The van der Waals surface area contributed by atoms with Gasteiger partial charge in [0, 0.05) is 12.4 Å². The summed E-state index contributed by atoms with van der Waals surface area (Å²) >= 11 is 0. The van der Waals surface area contributed by atoms with Gasteiger partial charge in [-0.15, -0.1) is 0 Å². The monoisotopic (exact) mass is 193 g/mol. The van der Waals surface area contributed by atoms with Crippen LogP contribution in [-0.4, -0.2) is 17.6 Å². The first kappa shape index (κ1) is 10.7. The van der Waals surface area contributed by atoms with Crippen molar-refractivity contribution in [2.45, 2.75) is 20.3 Å². The molecule has 0 spiro atoms. The van der Waals surface area contributed by atoms with E-state index < -0.39 is 0 Å². The van der Waals surface area contributed by atoms with E-state index in [1.807, 2.05) is 0 Å². The molecular weight excluding hydrogens is 178 g/mol. The number of carbonyl (C=O) groups is 1. The maximum Gasteiger partial charge on any atom is 0.339 e. The molecule has 1 unspecified atom stereocenters. The molecule has 14 heavy (non-hydrogen) atoms. The Morgan fingerprint density at radius 1 is 1.64 bits per heavy atom. The molecule has 0 radical (unpaired) electrons. The summed E-state index contributed by atoms with van der Waals surface area (Å²) in [6.45, 7) is 4.60. The molecule has 1 heterocycles. The van der Waals surface area contributed by atoms with Crippen molar-refractivity contribution in [3.63, 3.8) is 0 Å². The van der Waals surface area contributed by atoms with E-state index in [0.717, 1.165) is 6.42 Å². The van der Waals surface area contributed by atoms with E-state index in [4.69, 9.17) is 4.74 Å². The lowest BCUT2D eigenvalue weighted by Gasteiger charge is -2.08. The average molecular weight is 193 g/mol. The van der Waals surface area contributed by atoms with Crippen LogP contribution in [0.4, 0.5) is 0 Å². The minimum Gasteiger partial charge on any atom is -0.462 e. The van der Waals surface area contributed by atoms with Gasteiger partial charge in [0.1, 0.15) is 0 Å². The Kier molecular flexibility index (Phi) is 4.11. The average Bonchev–Trinajstić information content (AvgIpc) is 2.26. The Labute approximate surface area is 84.1 Å². The normalized spacial score (nSPS) is 12.1. The Balaban J connectivity index is 2.44. The Morgan fingerprint density at radius 3 is 3.00 bits per heavy atom. The van der Waals surface area contributed by atoms with Crippen LogP contribution in [0.2, 0.25) is 0 Å². The van der Waals surface area contributed by atoms with Crippen molar-refractivity contribution in [1.82, 2.24) is 4.98 Å². The molecule has 0 aliphatic carbocycles. The fraction of sp³-hybridized carbons (Fsp3) is 0.455. The summed E-state index contributed by atoms with van der Waals surface area (Å²) in [6.07, 6.45) is 4.16. The van der Waals surface area contributed by atoms with Gasteiger partial charge in [0.2, 0.25) is 0 Å². The van der Waals surface area contributed by atoms with Crippen LogP contribution in [0.5, 0.6) is 0 Å². The minimum absolute atomic E-state index is 0.293.